The third-order valence-corrected chi connectivity index (χ3v) is 4.79. The zero-order valence-corrected chi connectivity index (χ0v) is 16.3. The van der Waals surface area contributed by atoms with Crippen LogP contribution in [0.3, 0.4) is 0 Å². The standard InChI is InChI=1S/C24H21N3O3/c28-27(29)20-10-8-19(9-11-20)26-23-14-15-25-24-17-21(12-13-22(23)24)30-16-4-7-18-5-2-1-3-6-18/h1-3,5-6,8-15,17H,4,7,16H2,(H,25,26). The second-order valence-electron chi connectivity index (χ2n) is 6.90. The van der Waals surface area contributed by atoms with Crippen molar-refractivity contribution >= 4 is 28.0 Å². The second-order valence-corrected chi connectivity index (χ2v) is 6.90. The van der Waals surface area contributed by atoms with Crippen molar-refractivity contribution in [1.29, 1.82) is 0 Å². The maximum absolute atomic E-state index is 10.8. The Morgan fingerprint density at radius 1 is 0.967 bits per heavy atom. The summed E-state index contributed by atoms with van der Waals surface area (Å²) in [5.41, 5.74) is 3.85. The molecule has 30 heavy (non-hydrogen) atoms. The minimum Gasteiger partial charge on any atom is -0.494 e. The summed E-state index contributed by atoms with van der Waals surface area (Å²) in [6.07, 6.45) is 3.66. The first-order chi connectivity index (χ1) is 14.7. The van der Waals surface area contributed by atoms with E-state index < -0.39 is 4.92 Å². The molecule has 0 atom stereocenters. The second kappa shape index (κ2) is 9.05. The Balaban J connectivity index is 1.42. The van der Waals surface area contributed by atoms with E-state index in [-0.39, 0.29) is 5.69 Å². The number of nitro groups is 1. The van der Waals surface area contributed by atoms with Crippen molar-refractivity contribution in [2.75, 3.05) is 11.9 Å². The molecule has 0 amide bonds. The van der Waals surface area contributed by atoms with E-state index in [1.165, 1.54) is 17.7 Å². The van der Waals surface area contributed by atoms with Gasteiger partial charge in [-0.2, -0.15) is 0 Å². The summed E-state index contributed by atoms with van der Waals surface area (Å²) in [5.74, 6) is 0.788. The lowest BCUT2D eigenvalue weighted by Crippen LogP contribution is -2.00. The maximum atomic E-state index is 10.8. The predicted molar refractivity (Wildman–Crippen MR) is 118 cm³/mol. The molecule has 1 heterocycles. The van der Waals surface area contributed by atoms with Gasteiger partial charge in [0.05, 0.1) is 17.0 Å². The fourth-order valence-corrected chi connectivity index (χ4v) is 3.26. The van der Waals surface area contributed by atoms with Crippen LogP contribution >= 0.6 is 0 Å². The van der Waals surface area contributed by atoms with Crippen LogP contribution in [-0.2, 0) is 6.42 Å². The SMILES string of the molecule is O=[N+]([O-])c1ccc(Nc2ccnc3cc(OCCCc4ccccc4)ccc23)cc1. The highest BCUT2D eigenvalue weighted by molar-refractivity contribution is 5.93. The quantitative estimate of drug-likeness (QED) is 0.227. The third kappa shape index (κ3) is 4.72. The minimum absolute atomic E-state index is 0.0641. The Morgan fingerprint density at radius 3 is 2.53 bits per heavy atom. The van der Waals surface area contributed by atoms with E-state index in [9.17, 15) is 10.1 Å². The Bertz CT molecular complexity index is 1150. The van der Waals surface area contributed by atoms with Gasteiger partial charge in [-0.1, -0.05) is 30.3 Å². The molecule has 3 aromatic carbocycles. The number of nitro benzene ring substituents is 1. The lowest BCUT2D eigenvalue weighted by molar-refractivity contribution is -0.384. The number of hydrogen-bond donors (Lipinski definition) is 1. The lowest BCUT2D eigenvalue weighted by Gasteiger charge is -2.11. The number of hydrogen-bond acceptors (Lipinski definition) is 5. The van der Waals surface area contributed by atoms with Crippen LogP contribution in [-0.4, -0.2) is 16.5 Å². The van der Waals surface area contributed by atoms with Gasteiger partial charge in [0.1, 0.15) is 5.75 Å². The van der Waals surface area contributed by atoms with E-state index in [1.807, 2.05) is 42.5 Å². The van der Waals surface area contributed by atoms with Crippen molar-refractivity contribution in [3.63, 3.8) is 0 Å². The zero-order chi connectivity index (χ0) is 20.8. The average Bonchev–Trinajstić information content (AvgIpc) is 2.78. The number of ether oxygens (including phenoxy) is 1. The molecular formula is C24H21N3O3. The molecule has 6 nitrogen and oxygen atoms in total. The van der Waals surface area contributed by atoms with Gasteiger partial charge in [0, 0.05) is 41.2 Å². The van der Waals surface area contributed by atoms with Crippen LogP contribution in [0.25, 0.3) is 10.9 Å². The topological polar surface area (TPSA) is 77.3 Å². The number of rotatable bonds is 8. The molecule has 0 spiro atoms. The van der Waals surface area contributed by atoms with Gasteiger partial charge in [-0.05, 0) is 48.7 Å². The van der Waals surface area contributed by atoms with E-state index in [1.54, 1.807) is 18.3 Å². The number of pyridine rings is 1. The molecular weight excluding hydrogens is 378 g/mol. The highest BCUT2D eigenvalue weighted by Crippen LogP contribution is 2.28. The molecule has 0 fully saturated rings. The molecule has 4 aromatic rings. The Labute approximate surface area is 174 Å². The first-order valence-corrected chi connectivity index (χ1v) is 9.76. The molecule has 0 aliphatic carbocycles. The van der Waals surface area contributed by atoms with Crippen LogP contribution in [0.1, 0.15) is 12.0 Å². The van der Waals surface area contributed by atoms with E-state index in [2.05, 4.69) is 22.4 Å². The smallest absolute Gasteiger partial charge is 0.269 e. The summed E-state index contributed by atoms with van der Waals surface area (Å²) in [6, 6.07) is 24.4. The first-order valence-electron chi connectivity index (χ1n) is 9.76. The van der Waals surface area contributed by atoms with Crippen molar-refractivity contribution in [3.05, 3.63) is 101 Å². The van der Waals surface area contributed by atoms with Gasteiger partial charge in [0.25, 0.3) is 5.69 Å². The number of benzene rings is 3. The van der Waals surface area contributed by atoms with Gasteiger partial charge >= 0.3 is 0 Å². The van der Waals surface area contributed by atoms with Crippen molar-refractivity contribution in [1.82, 2.24) is 4.98 Å². The molecule has 150 valence electrons. The van der Waals surface area contributed by atoms with Crippen molar-refractivity contribution in [2.24, 2.45) is 0 Å². The van der Waals surface area contributed by atoms with Gasteiger partial charge in [0.2, 0.25) is 0 Å². The predicted octanol–water partition coefficient (Wildman–Crippen LogP) is 5.90. The third-order valence-electron chi connectivity index (χ3n) is 4.79. The van der Waals surface area contributed by atoms with Crippen LogP contribution in [0.15, 0.2) is 85.1 Å². The molecule has 0 saturated carbocycles. The van der Waals surface area contributed by atoms with Crippen molar-refractivity contribution < 1.29 is 9.66 Å². The highest BCUT2D eigenvalue weighted by Gasteiger charge is 2.07. The number of nitrogens with zero attached hydrogens (tertiary/aromatic N) is 2. The fourth-order valence-electron chi connectivity index (χ4n) is 3.26. The van der Waals surface area contributed by atoms with Crippen molar-refractivity contribution in [2.45, 2.75) is 12.8 Å². The normalized spacial score (nSPS) is 10.7. The Morgan fingerprint density at radius 2 is 1.77 bits per heavy atom. The number of fused-ring (bicyclic) bond motifs is 1. The van der Waals surface area contributed by atoms with Gasteiger partial charge in [-0.25, -0.2) is 0 Å². The molecule has 0 unspecified atom stereocenters. The molecule has 6 heteroatoms. The van der Waals surface area contributed by atoms with E-state index in [0.717, 1.165) is 40.9 Å². The molecule has 0 saturated heterocycles. The van der Waals surface area contributed by atoms with Gasteiger partial charge in [-0.3, -0.25) is 15.1 Å². The summed E-state index contributed by atoms with van der Waals surface area (Å²) >= 11 is 0. The van der Waals surface area contributed by atoms with Gasteiger partial charge in [0.15, 0.2) is 0 Å². The van der Waals surface area contributed by atoms with Crippen LogP contribution in [0.2, 0.25) is 0 Å². The van der Waals surface area contributed by atoms with Crippen LogP contribution < -0.4 is 10.1 Å². The van der Waals surface area contributed by atoms with E-state index in [4.69, 9.17) is 4.74 Å². The highest BCUT2D eigenvalue weighted by atomic mass is 16.6. The largest absolute Gasteiger partial charge is 0.494 e. The van der Waals surface area contributed by atoms with E-state index in [0.29, 0.717) is 6.61 Å². The average molecular weight is 399 g/mol. The lowest BCUT2D eigenvalue weighted by atomic mass is 10.1. The maximum Gasteiger partial charge on any atom is 0.269 e. The zero-order valence-electron chi connectivity index (χ0n) is 16.3. The van der Waals surface area contributed by atoms with Crippen LogP contribution in [0, 0.1) is 10.1 Å². The molecule has 0 aliphatic rings. The van der Waals surface area contributed by atoms with Gasteiger partial charge in [-0.15, -0.1) is 0 Å². The summed E-state index contributed by atoms with van der Waals surface area (Å²) in [6.45, 7) is 0.640. The minimum atomic E-state index is -0.410. The Hall–Kier alpha value is -3.93. The number of aryl methyl sites for hydroxylation is 1. The molecule has 1 N–H and O–H groups in total. The summed E-state index contributed by atoms with van der Waals surface area (Å²) in [7, 11) is 0. The molecule has 0 bridgehead atoms. The molecule has 0 aliphatic heterocycles. The molecule has 4 rings (SSSR count). The Kier molecular flexibility index (Phi) is 5.85. The fraction of sp³-hybridized carbons (Fsp3) is 0.125. The number of anilines is 2. The first kappa shape index (κ1) is 19.4. The van der Waals surface area contributed by atoms with Crippen LogP contribution in [0.4, 0.5) is 17.1 Å². The summed E-state index contributed by atoms with van der Waals surface area (Å²) < 4.78 is 5.91. The monoisotopic (exact) mass is 399 g/mol. The number of non-ortho nitro benzene ring substituents is 1. The molecule has 0 radical (unpaired) electrons. The van der Waals surface area contributed by atoms with Gasteiger partial charge < -0.3 is 10.1 Å². The van der Waals surface area contributed by atoms with E-state index >= 15 is 0 Å². The van der Waals surface area contributed by atoms with Crippen molar-refractivity contribution in [3.8, 4) is 5.75 Å². The number of nitrogens with one attached hydrogen (secondary N) is 1. The molecule has 1 aromatic heterocycles. The summed E-state index contributed by atoms with van der Waals surface area (Å²) in [5, 5.41) is 15.1. The number of aromatic nitrogens is 1. The summed E-state index contributed by atoms with van der Waals surface area (Å²) in [4.78, 5) is 14.8. The van der Waals surface area contributed by atoms with Crippen LogP contribution in [0.5, 0.6) is 5.75 Å².